The number of carbonyl (C=O) groups is 1. The zero-order valence-electron chi connectivity index (χ0n) is 12.5. The number of thiophene rings is 1. The van der Waals surface area contributed by atoms with Crippen LogP contribution in [0.5, 0.6) is 17.2 Å². The first-order valence-electron chi connectivity index (χ1n) is 6.70. The second kappa shape index (κ2) is 6.13. The summed E-state index contributed by atoms with van der Waals surface area (Å²) in [6.07, 6.45) is 1.57. The molecule has 0 fully saturated rings. The first-order valence-corrected chi connectivity index (χ1v) is 7.52. The van der Waals surface area contributed by atoms with Crippen LogP contribution in [0, 0.1) is 0 Å². The summed E-state index contributed by atoms with van der Waals surface area (Å²) in [7, 11) is 2.92. The summed E-state index contributed by atoms with van der Waals surface area (Å²) < 4.78 is 16.3. The average Bonchev–Trinajstić information content (AvgIpc) is 2.91. The fraction of sp³-hybridized carbons (Fsp3) is 0.125. The Morgan fingerprint density at radius 2 is 1.83 bits per heavy atom. The predicted molar refractivity (Wildman–Crippen MR) is 88.4 cm³/mol. The molecule has 23 heavy (non-hydrogen) atoms. The van der Waals surface area contributed by atoms with E-state index in [1.165, 1.54) is 18.4 Å². The van der Waals surface area contributed by atoms with Crippen LogP contribution in [0.3, 0.4) is 0 Å². The van der Waals surface area contributed by atoms with Crippen LogP contribution in [0.25, 0.3) is 10.2 Å². The third-order valence-corrected chi connectivity index (χ3v) is 4.33. The third kappa shape index (κ3) is 2.91. The van der Waals surface area contributed by atoms with Crippen molar-refractivity contribution >= 4 is 33.2 Å². The van der Waals surface area contributed by atoms with E-state index in [1.807, 2.05) is 0 Å². The van der Waals surface area contributed by atoms with Crippen molar-refractivity contribution in [3.8, 4) is 17.2 Å². The van der Waals surface area contributed by atoms with Gasteiger partial charge in [-0.15, -0.1) is 11.3 Å². The molecule has 0 aliphatic heterocycles. The second-order valence-electron chi connectivity index (χ2n) is 4.63. The Labute approximate surface area is 136 Å². The summed E-state index contributed by atoms with van der Waals surface area (Å²) in [5, 5.41) is 0. The molecular formula is C16H14N2O4S. The Morgan fingerprint density at radius 3 is 2.48 bits per heavy atom. The number of nitrogens with zero attached hydrogens (tertiary/aromatic N) is 1. The zero-order chi connectivity index (χ0) is 16.4. The minimum absolute atomic E-state index is 0.327. The van der Waals surface area contributed by atoms with Gasteiger partial charge >= 0.3 is 5.97 Å². The normalized spacial score (nSPS) is 10.5. The van der Waals surface area contributed by atoms with Gasteiger partial charge in [0, 0.05) is 6.07 Å². The standard InChI is InChI=1S/C16H14N2O4S/c1-20-9-3-5-10(6-4-9)22-11-7-12-14(18-8-11)13(17)15(23-12)16(19)21-2/h3-8H,17H2,1-2H3. The number of rotatable bonds is 4. The van der Waals surface area contributed by atoms with Gasteiger partial charge in [0.1, 0.15) is 27.6 Å². The highest BCUT2D eigenvalue weighted by atomic mass is 32.1. The van der Waals surface area contributed by atoms with Gasteiger partial charge in [0.15, 0.2) is 0 Å². The van der Waals surface area contributed by atoms with Gasteiger partial charge in [-0.25, -0.2) is 9.78 Å². The minimum atomic E-state index is -0.469. The second-order valence-corrected chi connectivity index (χ2v) is 5.68. The van der Waals surface area contributed by atoms with E-state index in [9.17, 15) is 4.79 Å². The number of methoxy groups -OCH3 is 2. The van der Waals surface area contributed by atoms with Crippen LogP contribution in [-0.2, 0) is 4.74 Å². The summed E-state index contributed by atoms with van der Waals surface area (Å²) in [6, 6.07) is 9.00. The van der Waals surface area contributed by atoms with Crippen molar-refractivity contribution in [2.45, 2.75) is 0 Å². The van der Waals surface area contributed by atoms with Gasteiger partial charge in [-0.05, 0) is 24.3 Å². The molecule has 118 valence electrons. The molecule has 7 heteroatoms. The molecule has 2 N–H and O–H groups in total. The number of benzene rings is 1. The molecule has 3 aromatic rings. The summed E-state index contributed by atoms with van der Waals surface area (Å²) in [6.45, 7) is 0. The lowest BCUT2D eigenvalue weighted by atomic mass is 10.3. The number of pyridine rings is 1. The van der Waals surface area contributed by atoms with Crippen molar-refractivity contribution in [1.82, 2.24) is 4.98 Å². The Bertz CT molecular complexity index is 858. The number of carbonyl (C=O) groups excluding carboxylic acids is 1. The van der Waals surface area contributed by atoms with E-state index in [1.54, 1.807) is 43.6 Å². The lowest BCUT2D eigenvalue weighted by Gasteiger charge is -2.06. The van der Waals surface area contributed by atoms with E-state index in [-0.39, 0.29) is 0 Å². The lowest BCUT2D eigenvalue weighted by molar-refractivity contribution is 0.0607. The molecule has 0 saturated carbocycles. The van der Waals surface area contributed by atoms with E-state index >= 15 is 0 Å². The van der Waals surface area contributed by atoms with E-state index in [2.05, 4.69) is 4.98 Å². The highest BCUT2D eigenvalue weighted by Crippen LogP contribution is 2.35. The van der Waals surface area contributed by atoms with E-state index < -0.39 is 5.97 Å². The number of anilines is 1. The summed E-state index contributed by atoms with van der Waals surface area (Å²) in [5.41, 5.74) is 6.84. The SMILES string of the molecule is COC(=O)c1sc2cc(Oc3ccc(OC)cc3)cnc2c1N. The van der Waals surface area contributed by atoms with Gasteiger partial charge in [-0.1, -0.05) is 0 Å². The van der Waals surface area contributed by atoms with Gasteiger partial charge in [-0.3, -0.25) is 0 Å². The molecule has 0 saturated heterocycles. The zero-order valence-corrected chi connectivity index (χ0v) is 13.3. The van der Waals surface area contributed by atoms with Crippen LogP contribution < -0.4 is 15.2 Å². The molecule has 3 rings (SSSR count). The molecule has 6 nitrogen and oxygen atoms in total. The Kier molecular flexibility index (Phi) is 4.03. The van der Waals surface area contributed by atoms with Gasteiger partial charge in [0.25, 0.3) is 0 Å². The topological polar surface area (TPSA) is 83.7 Å². The molecule has 0 unspecified atom stereocenters. The van der Waals surface area contributed by atoms with Crippen molar-refractivity contribution in [2.75, 3.05) is 20.0 Å². The molecule has 2 aromatic heterocycles. The van der Waals surface area contributed by atoms with Crippen LogP contribution in [0.4, 0.5) is 5.69 Å². The van der Waals surface area contributed by atoms with Gasteiger partial charge in [0.2, 0.25) is 0 Å². The fourth-order valence-corrected chi connectivity index (χ4v) is 3.09. The van der Waals surface area contributed by atoms with E-state index in [0.717, 1.165) is 10.4 Å². The van der Waals surface area contributed by atoms with E-state index in [0.29, 0.717) is 27.6 Å². The van der Waals surface area contributed by atoms with Crippen molar-refractivity contribution in [1.29, 1.82) is 0 Å². The molecule has 0 atom stereocenters. The molecule has 0 amide bonds. The van der Waals surface area contributed by atoms with Crippen molar-refractivity contribution in [3.63, 3.8) is 0 Å². The highest BCUT2D eigenvalue weighted by molar-refractivity contribution is 7.21. The van der Waals surface area contributed by atoms with Crippen molar-refractivity contribution < 1.29 is 19.0 Å². The molecule has 0 bridgehead atoms. The van der Waals surface area contributed by atoms with Crippen LogP contribution in [-0.4, -0.2) is 25.2 Å². The van der Waals surface area contributed by atoms with E-state index in [4.69, 9.17) is 19.9 Å². The number of hydrogen-bond acceptors (Lipinski definition) is 7. The fourth-order valence-electron chi connectivity index (χ4n) is 2.06. The quantitative estimate of drug-likeness (QED) is 0.738. The smallest absolute Gasteiger partial charge is 0.350 e. The highest BCUT2D eigenvalue weighted by Gasteiger charge is 2.18. The number of ether oxygens (including phenoxy) is 3. The first-order chi connectivity index (χ1) is 11.1. The number of fused-ring (bicyclic) bond motifs is 1. The van der Waals surface area contributed by atoms with Gasteiger partial charge in [0.05, 0.1) is 30.8 Å². The molecule has 0 aliphatic rings. The third-order valence-electron chi connectivity index (χ3n) is 3.21. The largest absolute Gasteiger partial charge is 0.497 e. The predicted octanol–water partition coefficient (Wildman–Crippen LogP) is 3.47. The molecule has 1 aromatic carbocycles. The number of hydrogen-bond donors (Lipinski definition) is 1. The average molecular weight is 330 g/mol. The lowest BCUT2D eigenvalue weighted by Crippen LogP contribution is -2.01. The summed E-state index contributed by atoms with van der Waals surface area (Å²) in [5.74, 6) is 1.49. The Hall–Kier alpha value is -2.80. The van der Waals surface area contributed by atoms with Crippen LogP contribution in [0.1, 0.15) is 9.67 Å². The van der Waals surface area contributed by atoms with Crippen molar-refractivity contribution in [3.05, 3.63) is 41.4 Å². The van der Waals surface area contributed by atoms with Crippen molar-refractivity contribution in [2.24, 2.45) is 0 Å². The molecule has 0 radical (unpaired) electrons. The van der Waals surface area contributed by atoms with Gasteiger partial charge < -0.3 is 19.9 Å². The summed E-state index contributed by atoms with van der Waals surface area (Å²) >= 11 is 1.23. The number of nitrogen functional groups attached to an aromatic ring is 1. The van der Waals surface area contributed by atoms with Crippen LogP contribution >= 0.6 is 11.3 Å². The molecule has 0 spiro atoms. The minimum Gasteiger partial charge on any atom is -0.497 e. The Morgan fingerprint density at radius 1 is 1.13 bits per heavy atom. The maximum atomic E-state index is 11.7. The maximum Gasteiger partial charge on any atom is 0.350 e. The molecule has 0 aliphatic carbocycles. The maximum absolute atomic E-state index is 11.7. The number of nitrogens with two attached hydrogens (primary N) is 1. The Balaban J connectivity index is 1.91. The number of aromatic nitrogens is 1. The van der Waals surface area contributed by atoms with Gasteiger partial charge in [-0.2, -0.15) is 0 Å². The van der Waals surface area contributed by atoms with Crippen LogP contribution in [0.2, 0.25) is 0 Å². The van der Waals surface area contributed by atoms with Crippen LogP contribution in [0.15, 0.2) is 36.5 Å². The summed E-state index contributed by atoms with van der Waals surface area (Å²) in [4.78, 5) is 16.3. The molecule has 2 heterocycles. The first kappa shape index (κ1) is 15.1. The monoisotopic (exact) mass is 330 g/mol. The molecular weight excluding hydrogens is 316 g/mol. The number of esters is 1.